The fraction of sp³-hybridized carbons (Fsp3) is 0.733. The maximum Gasteiger partial charge on any atom is 0.0931 e. The van der Waals surface area contributed by atoms with Crippen molar-refractivity contribution in [1.29, 1.82) is 0 Å². The second-order valence-electron chi connectivity index (χ2n) is 5.61. The molecule has 0 saturated heterocycles. The van der Waals surface area contributed by atoms with Gasteiger partial charge in [-0.05, 0) is 44.5 Å². The average molecular weight is 301 g/mol. The first-order valence-electron chi connectivity index (χ1n) is 7.35. The molecule has 2 unspecified atom stereocenters. The summed E-state index contributed by atoms with van der Waals surface area (Å²) >= 11 is 7.69. The van der Waals surface area contributed by atoms with Crippen molar-refractivity contribution in [2.24, 2.45) is 5.92 Å². The number of rotatable bonds is 6. The van der Waals surface area contributed by atoms with Gasteiger partial charge in [-0.15, -0.1) is 11.3 Å². The van der Waals surface area contributed by atoms with Crippen LogP contribution in [0, 0.1) is 5.92 Å². The van der Waals surface area contributed by atoms with Crippen LogP contribution in [0.5, 0.6) is 0 Å². The third-order valence-electron chi connectivity index (χ3n) is 3.98. The van der Waals surface area contributed by atoms with Gasteiger partial charge in [0.05, 0.1) is 4.34 Å². The quantitative estimate of drug-likeness (QED) is 0.854. The van der Waals surface area contributed by atoms with E-state index in [9.17, 15) is 0 Å². The molecule has 2 atom stereocenters. The highest BCUT2D eigenvalue weighted by Gasteiger charge is 2.25. The van der Waals surface area contributed by atoms with Crippen molar-refractivity contribution in [2.45, 2.75) is 45.2 Å². The van der Waals surface area contributed by atoms with Crippen LogP contribution in [0.2, 0.25) is 4.34 Å². The van der Waals surface area contributed by atoms with E-state index in [4.69, 9.17) is 11.6 Å². The van der Waals surface area contributed by atoms with Crippen molar-refractivity contribution in [1.82, 2.24) is 10.2 Å². The molecular weight excluding hydrogens is 276 g/mol. The van der Waals surface area contributed by atoms with Crippen molar-refractivity contribution in [2.75, 3.05) is 20.1 Å². The Hall–Kier alpha value is -0.0900. The Bertz CT molecular complexity index is 378. The molecule has 0 amide bonds. The molecule has 0 bridgehead atoms. The van der Waals surface area contributed by atoms with Crippen molar-refractivity contribution in [3.8, 4) is 0 Å². The Labute approximate surface area is 126 Å². The van der Waals surface area contributed by atoms with Crippen LogP contribution in [0.4, 0.5) is 0 Å². The number of halogens is 1. The van der Waals surface area contributed by atoms with Gasteiger partial charge in [-0.25, -0.2) is 0 Å². The van der Waals surface area contributed by atoms with Gasteiger partial charge in [0, 0.05) is 24.0 Å². The zero-order valence-corrected chi connectivity index (χ0v) is 13.6. The van der Waals surface area contributed by atoms with Gasteiger partial charge >= 0.3 is 0 Å². The first-order chi connectivity index (χ1) is 9.19. The lowest BCUT2D eigenvalue weighted by Crippen LogP contribution is -2.43. The van der Waals surface area contributed by atoms with Crippen LogP contribution >= 0.6 is 22.9 Å². The number of nitrogens with one attached hydrogen (secondary N) is 1. The molecule has 4 heteroatoms. The summed E-state index contributed by atoms with van der Waals surface area (Å²) in [5.74, 6) is 0.800. The maximum atomic E-state index is 5.99. The molecule has 1 aliphatic rings. The highest BCUT2D eigenvalue weighted by Crippen LogP contribution is 2.27. The standard InChI is InChI=1S/C15H25ClN2S/c1-3-17-14-7-5-4-6-12(14)10-18(2)11-13-8-9-15(16)19-13/h8-9,12,14,17H,3-7,10-11H2,1-2H3. The van der Waals surface area contributed by atoms with E-state index in [1.165, 1.54) is 37.1 Å². The van der Waals surface area contributed by atoms with E-state index in [0.717, 1.165) is 23.3 Å². The van der Waals surface area contributed by atoms with E-state index in [-0.39, 0.29) is 0 Å². The molecule has 1 saturated carbocycles. The average Bonchev–Trinajstić information content (AvgIpc) is 2.77. The van der Waals surface area contributed by atoms with Crippen molar-refractivity contribution in [3.63, 3.8) is 0 Å². The van der Waals surface area contributed by atoms with Crippen LogP contribution in [0.25, 0.3) is 0 Å². The zero-order valence-electron chi connectivity index (χ0n) is 12.0. The molecule has 19 heavy (non-hydrogen) atoms. The van der Waals surface area contributed by atoms with E-state index < -0.39 is 0 Å². The summed E-state index contributed by atoms with van der Waals surface area (Å²) in [5, 5.41) is 3.66. The largest absolute Gasteiger partial charge is 0.314 e. The monoisotopic (exact) mass is 300 g/mol. The third kappa shape index (κ3) is 4.75. The van der Waals surface area contributed by atoms with E-state index in [0.29, 0.717) is 6.04 Å². The predicted octanol–water partition coefficient (Wildman–Crippen LogP) is 4.00. The van der Waals surface area contributed by atoms with Crippen LogP contribution in [-0.2, 0) is 6.54 Å². The van der Waals surface area contributed by atoms with E-state index in [2.05, 4.69) is 30.3 Å². The molecular formula is C15H25ClN2S. The van der Waals surface area contributed by atoms with Gasteiger partial charge in [-0.1, -0.05) is 31.4 Å². The minimum atomic E-state index is 0.716. The van der Waals surface area contributed by atoms with Crippen LogP contribution < -0.4 is 5.32 Å². The Morgan fingerprint density at radius 1 is 1.37 bits per heavy atom. The van der Waals surface area contributed by atoms with Gasteiger partial charge in [0.1, 0.15) is 0 Å². The predicted molar refractivity (Wildman–Crippen MR) is 85.1 cm³/mol. The Morgan fingerprint density at radius 2 is 2.16 bits per heavy atom. The molecule has 2 rings (SSSR count). The van der Waals surface area contributed by atoms with E-state index in [1.807, 2.05) is 6.07 Å². The smallest absolute Gasteiger partial charge is 0.0931 e. The molecule has 1 fully saturated rings. The number of hydrogen-bond acceptors (Lipinski definition) is 3. The van der Waals surface area contributed by atoms with Gasteiger partial charge < -0.3 is 10.2 Å². The highest BCUT2D eigenvalue weighted by molar-refractivity contribution is 7.16. The zero-order chi connectivity index (χ0) is 13.7. The molecule has 0 spiro atoms. The first-order valence-corrected chi connectivity index (χ1v) is 8.54. The molecule has 108 valence electrons. The van der Waals surface area contributed by atoms with Crippen LogP contribution in [0.15, 0.2) is 12.1 Å². The van der Waals surface area contributed by atoms with E-state index in [1.54, 1.807) is 11.3 Å². The third-order valence-corrected chi connectivity index (χ3v) is 5.19. The Balaban J connectivity index is 1.84. The molecule has 2 nitrogen and oxygen atoms in total. The second kappa shape index (κ2) is 7.63. The maximum absolute atomic E-state index is 5.99. The van der Waals surface area contributed by atoms with E-state index >= 15 is 0 Å². The van der Waals surface area contributed by atoms with Crippen molar-refractivity contribution < 1.29 is 0 Å². The van der Waals surface area contributed by atoms with Gasteiger partial charge in [-0.2, -0.15) is 0 Å². The fourth-order valence-electron chi connectivity index (χ4n) is 3.12. The molecule has 1 aliphatic carbocycles. The van der Waals surface area contributed by atoms with Crippen LogP contribution in [0.3, 0.4) is 0 Å². The lowest BCUT2D eigenvalue weighted by atomic mass is 9.84. The molecule has 0 radical (unpaired) electrons. The topological polar surface area (TPSA) is 15.3 Å². The summed E-state index contributed by atoms with van der Waals surface area (Å²) in [6.45, 7) is 5.51. The normalized spacial score (nSPS) is 24.0. The van der Waals surface area contributed by atoms with Crippen molar-refractivity contribution >= 4 is 22.9 Å². The second-order valence-corrected chi connectivity index (χ2v) is 7.41. The summed E-state index contributed by atoms with van der Waals surface area (Å²) in [6, 6.07) is 4.86. The lowest BCUT2D eigenvalue weighted by molar-refractivity contribution is 0.187. The van der Waals surface area contributed by atoms with Crippen LogP contribution in [-0.4, -0.2) is 31.1 Å². The van der Waals surface area contributed by atoms with Crippen LogP contribution in [0.1, 0.15) is 37.5 Å². The molecule has 0 aromatic carbocycles. The Kier molecular flexibility index (Phi) is 6.14. The molecule has 1 heterocycles. The first kappa shape index (κ1) is 15.3. The lowest BCUT2D eigenvalue weighted by Gasteiger charge is -2.34. The summed E-state index contributed by atoms with van der Waals surface area (Å²) < 4.78 is 0.895. The number of hydrogen-bond donors (Lipinski definition) is 1. The Morgan fingerprint density at radius 3 is 2.84 bits per heavy atom. The molecule has 1 aromatic rings. The number of thiophene rings is 1. The summed E-state index contributed by atoms with van der Waals surface area (Å²) in [7, 11) is 2.23. The van der Waals surface area contributed by atoms with Crippen molar-refractivity contribution in [3.05, 3.63) is 21.3 Å². The SMILES string of the molecule is CCNC1CCCCC1CN(C)Cc1ccc(Cl)s1. The minimum Gasteiger partial charge on any atom is -0.314 e. The number of nitrogens with zero attached hydrogens (tertiary/aromatic N) is 1. The molecule has 0 aliphatic heterocycles. The minimum absolute atomic E-state index is 0.716. The fourth-order valence-corrected chi connectivity index (χ4v) is 4.29. The molecule has 1 N–H and O–H groups in total. The van der Waals surface area contributed by atoms with Gasteiger partial charge in [-0.3, -0.25) is 0 Å². The van der Waals surface area contributed by atoms with Gasteiger partial charge in [0.25, 0.3) is 0 Å². The summed E-state index contributed by atoms with van der Waals surface area (Å²) in [6.07, 6.45) is 5.49. The molecule has 1 aromatic heterocycles. The van der Waals surface area contributed by atoms with Gasteiger partial charge in [0.2, 0.25) is 0 Å². The highest BCUT2D eigenvalue weighted by atomic mass is 35.5. The van der Waals surface area contributed by atoms with Gasteiger partial charge in [0.15, 0.2) is 0 Å². The summed E-state index contributed by atoms with van der Waals surface area (Å²) in [4.78, 5) is 3.81. The summed E-state index contributed by atoms with van der Waals surface area (Å²) in [5.41, 5.74) is 0.